The van der Waals surface area contributed by atoms with Crippen molar-refractivity contribution < 1.29 is 14.3 Å². The Morgan fingerprint density at radius 3 is 2.53 bits per heavy atom. The van der Waals surface area contributed by atoms with Gasteiger partial charge in [-0.3, -0.25) is 9.59 Å². The van der Waals surface area contributed by atoms with E-state index in [-0.39, 0.29) is 23.7 Å². The summed E-state index contributed by atoms with van der Waals surface area (Å²) < 4.78 is 4.88. The number of hydrogen-bond acceptors (Lipinski definition) is 3. The molecular formula is C11H19NO3. The molecule has 1 amide bonds. The number of rotatable bonds is 5. The van der Waals surface area contributed by atoms with Gasteiger partial charge in [-0.05, 0) is 19.8 Å². The van der Waals surface area contributed by atoms with E-state index in [2.05, 4.69) is 0 Å². The highest BCUT2D eigenvalue weighted by molar-refractivity contribution is 5.90. The molecule has 0 saturated heterocycles. The second kappa shape index (κ2) is 5.14. The highest BCUT2D eigenvalue weighted by Gasteiger charge is 2.49. The van der Waals surface area contributed by atoms with Gasteiger partial charge in [-0.25, -0.2) is 0 Å². The van der Waals surface area contributed by atoms with E-state index in [1.807, 2.05) is 6.92 Å². The lowest BCUT2D eigenvalue weighted by Crippen LogP contribution is -2.30. The molecule has 4 heteroatoms. The van der Waals surface area contributed by atoms with Crippen molar-refractivity contribution in [3.05, 3.63) is 0 Å². The maximum absolute atomic E-state index is 11.7. The number of ether oxygens (including phenoxy) is 1. The number of hydrogen-bond donors (Lipinski definition) is 0. The molecule has 0 aromatic rings. The van der Waals surface area contributed by atoms with E-state index in [0.29, 0.717) is 13.0 Å². The Bertz CT molecular complexity index is 252. The largest absolute Gasteiger partial charge is 0.466 e. The predicted octanol–water partition coefficient (Wildman–Crippen LogP) is 1.05. The Balaban J connectivity index is 2.36. The summed E-state index contributed by atoms with van der Waals surface area (Å²) in [6.07, 6.45) is 1.60. The van der Waals surface area contributed by atoms with Gasteiger partial charge in [0, 0.05) is 13.6 Å². The molecule has 86 valence electrons. The molecule has 2 atom stereocenters. The van der Waals surface area contributed by atoms with Gasteiger partial charge in [0.1, 0.15) is 0 Å². The molecule has 0 bridgehead atoms. The van der Waals surface area contributed by atoms with Crippen LogP contribution in [0.5, 0.6) is 0 Å². The summed E-state index contributed by atoms with van der Waals surface area (Å²) in [6.45, 7) is 4.95. The van der Waals surface area contributed by atoms with Gasteiger partial charge >= 0.3 is 5.97 Å². The Morgan fingerprint density at radius 2 is 2.00 bits per heavy atom. The molecule has 1 aliphatic rings. The van der Waals surface area contributed by atoms with Crippen molar-refractivity contribution in [2.45, 2.75) is 26.7 Å². The van der Waals surface area contributed by atoms with Crippen molar-refractivity contribution in [2.24, 2.45) is 11.8 Å². The third kappa shape index (κ3) is 2.94. The van der Waals surface area contributed by atoms with E-state index >= 15 is 0 Å². The maximum Gasteiger partial charge on any atom is 0.309 e. The number of amides is 1. The van der Waals surface area contributed by atoms with Gasteiger partial charge in [0.25, 0.3) is 0 Å². The topological polar surface area (TPSA) is 46.6 Å². The first-order valence-electron chi connectivity index (χ1n) is 5.53. The van der Waals surface area contributed by atoms with Crippen LogP contribution in [0.15, 0.2) is 0 Å². The highest BCUT2D eigenvalue weighted by atomic mass is 16.5. The summed E-state index contributed by atoms with van der Waals surface area (Å²) in [5, 5.41) is 0. The molecule has 4 nitrogen and oxygen atoms in total. The lowest BCUT2D eigenvalue weighted by molar-refractivity contribution is -0.146. The lowest BCUT2D eigenvalue weighted by Gasteiger charge is -2.15. The molecule has 0 heterocycles. The quantitative estimate of drug-likeness (QED) is 0.641. The molecule has 2 unspecified atom stereocenters. The Hall–Kier alpha value is -1.06. The van der Waals surface area contributed by atoms with Gasteiger partial charge < -0.3 is 9.64 Å². The summed E-state index contributed by atoms with van der Waals surface area (Å²) in [5.74, 6) is -0.451. The SMILES string of the molecule is CCCN(C)C(=O)C1CC1C(=O)OCC. The van der Waals surface area contributed by atoms with Gasteiger partial charge in [0.15, 0.2) is 0 Å². The molecule has 1 aliphatic carbocycles. The predicted molar refractivity (Wildman–Crippen MR) is 56.2 cm³/mol. The lowest BCUT2D eigenvalue weighted by atomic mass is 10.2. The van der Waals surface area contributed by atoms with Crippen molar-refractivity contribution >= 4 is 11.9 Å². The zero-order valence-corrected chi connectivity index (χ0v) is 9.66. The Labute approximate surface area is 90.6 Å². The van der Waals surface area contributed by atoms with Crippen molar-refractivity contribution in [1.29, 1.82) is 0 Å². The first kappa shape index (κ1) is 12.0. The van der Waals surface area contributed by atoms with Crippen LogP contribution in [0.2, 0.25) is 0 Å². The maximum atomic E-state index is 11.7. The highest BCUT2D eigenvalue weighted by Crippen LogP contribution is 2.40. The van der Waals surface area contributed by atoms with Gasteiger partial charge in [0.05, 0.1) is 18.4 Å². The van der Waals surface area contributed by atoms with Gasteiger partial charge in [-0.2, -0.15) is 0 Å². The first-order chi connectivity index (χ1) is 7.11. The zero-order chi connectivity index (χ0) is 11.4. The molecule has 1 fully saturated rings. The van der Waals surface area contributed by atoms with Crippen molar-refractivity contribution in [2.75, 3.05) is 20.2 Å². The van der Waals surface area contributed by atoms with Crippen LogP contribution in [0.1, 0.15) is 26.7 Å². The summed E-state index contributed by atoms with van der Waals surface area (Å²) in [4.78, 5) is 24.7. The number of esters is 1. The van der Waals surface area contributed by atoms with E-state index in [4.69, 9.17) is 4.74 Å². The molecule has 0 radical (unpaired) electrons. The van der Waals surface area contributed by atoms with Crippen LogP contribution >= 0.6 is 0 Å². The number of carbonyl (C=O) groups excluding carboxylic acids is 2. The minimum atomic E-state index is -0.222. The summed E-state index contributed by atoms with van der Waals surface area (Å²) in [7, 11) is 1.78. The fourth-order valence-electron chi connectivity index (χ4n) is 1.71. The number of nitrogens with zero attached hydrogens (tertiary/aromatic N) is 1. The average Bonchev–Trinajstić information content (AvgIpc) is 2.97. The van der Waals surface area contributed by atoms with Crippen LogP contribution in [0.4, 0.5) is 0 Å². The van der Waals surface area contributed by atoms with Crippen molar-refractivity contribution in [3.63, 3.8) is 0 Å². The normalized spacial score (nSPS) is 23.4. The molecule has 0 aliphatic heterocycles. The van der Waals surface area contributed by atoms with E-state index in [1.54, 1.807) is 18.9 Å². The smallest absolute Gasteiger partial charge is 0.309 e. The average molecular weight is 213 g/mol. The third-order valence-corrected chi connectivity index (χ3v) is 2.63. The van der Waals surface area contributed by atoms with E-state index in [0.717, 1.165) is 13.0 Å². The van der Waals surface area contributed by atoms with Crippen molar-refractivity contribution in [1.82, 2.24) is 4.90 Å². The zero-order valence-electron chi connectivity index (χ0n) is 9.66. The van der Waals surface area contributed by atoms with Crippen LogP contribution in [-0.2, 0) is 14.3 Å². The minimum absolute atomic E-state index is 0.0786. The fourth-order valence-corrected chi connectivity index (χ4v) is 1.71. The van der Waals surface area contributed by atoms with E-state index in [1.165, 1.54) is 0 Å². The van der Waals surface area contributed by atoms with Crippen LogP contribution in [0.25, 0.3) is 0 Å². The van der Waals surface area contributed by atoms with E-state index in [9.17, 15) is 9.59 Å². The molecule has 0 aromatic carbocycles. The molecular weight excluding hydrogens is 194 g/mol. The van der Waals surface area contributed by atoms with Gasteiger partial charge in [-0.15, -0.1) is 0 Å². The molecule has 1 rings (SSSR count). The van der Waals surface area contributed by atoms with Crippen LogP contribution in [0.3, 0.4) is 0 Å². The summed E-state index contributed by atoms with van der Waals surface area (Å²) in [5.41, 5.74) is 0. The minimum Gasteiger partial charge on any atom is -0.466 e. The van der Waals surface area contributed by atoms with Gasteiger partial charge in [0.2, 0.25) is 5.91 Å². The number of carbonyl (C=O) groups is 2. The molecule has 15 heavy (non-hydrogen) atoms. The standard InChI is InChI=1S/C11H19NO3/c1-4-6-12(3)10(13)8-7-9(8)11(14)15-5-2/h8-9H,4-7H2,1-3H3. The van der Waals surface area contributed by atoms with Crippen LogP contribution in [-0.4, -0.2) is 37.0 Å². The third-order valence-electron chi connectivity index (χ3n) is 2.63. The van der Waals surface area contributed by atoms with Gasteiger partial charge in [-0.1, -0.05) is 6.92 Å². The second-order valence-electron chi connectivity index (χ2n) is 3.96. The Morgan fingerprint density at radius 1 is 1.33 bits per heavy atom. The second-order valence-corrected chi connectivity index (χ2v) is 3.96. The first-order valence-corrected chi connectivity index (χ1v) is 5.53. The monoisotopic (exact) mass is 213 g/mol. The molecule has 0 aromatic heterocycles. The van der Waals surface area contributed by atoms with Crippen molar-refractivity contribution in [3.8, 4) is 0 Å². The van der Waals surface area contributed by atoms with E-state index < -0.39 is 0 Å². The fraction of sp³-hybridized carbons (Fsp3) is 0.818. The molecule has 1 saturated carbocycles. The summed E-state index contributed by atoms with van der Waals surface area (Å²) >= 11 is 0. The molecule has 0 spiro atoms. The Kier molecular flexibility index (Phi) is 4.12. The van der Waals surface area contributed by atoms with Crippen LogP contribution < -0.4 is 0 Å². The molecule has 0 N–H and O–H groups in total. The summed E-state index contributed by atoms with van der Waals surface area (Å²) in [6, 6.07) is 0. The van der Waals surface area contributed by atoms with Crippen LogP contribution in [0, 0.1) is 11.8 Å².